The van der Waals surface area contributed by atoms with Crippen molar-refractivity contribution in [2.75, 3.05) is 26.2 Å². The molecule has 7 nitrogen and oxygen atoms in total. The molecule has 3 aliphatic rings. The van der Waals surface area contributed by atoms with Crippen LogP contribution < -0.4 is 0 Å². The summed E-state index contributed by atoms with van der Waals surface area (Å²) in [6.07, 6.45) is 10.2. The van der Waals surface area contributed by atoms with Gasteiger partial charge < -0.3 is 19.8 Å². The van der Waals surface area contributed by atoms with Gasteiger partial charge in [-0.15, -0.1) is 24.9 Å². The van der Waals surface area contributed by atoms with E-state index in [1.807, 2.05) is 45.0 Å². The van der Waals surface area contributed by atoms with Crippen molar-refractivity contribution >= 4 is 29.5 Å². The van der Waals surface area contributed by atoms with Crippen LogP contribution in [0.15, 0.2) is 55.6 Å². The van der Waals surface area contributed by atoms with Crippen LogP contribution in [0.4, 0.5) is 0 Å². The molecule has 0 aliphatic carbocycles. The molecule has 1 N–H and O–H groups in total. The van der Waals surface area contributed by atoms with Crippen molar-refractivity contribution in [1.82, 2.24) is 14.7 Å². The Kier molecular flexibility index (Phi) is 11.3. The number of unbranched alkanes of at least 4 members (excludes halogenated alkanes) is 3. The molecule has 230 valence electrons. The lowest BCUT2D eigenvalue weighted by atomic mass is 9.70. The van der Waals surface area contributed by atoms with Crippen LogP contribution in [0.3, 0.4) is 0 Å². The number of nitrogens with zero attached hydrogens (tertiary/aromatic N) is 3. The Bertz CT molecular complexity index is 1110. The van der Waals surface area contributed by atoms with Gasteiger partial charge in [0.25, 0.3) is 0 Å². The third-order valence-corrected chi connectivity index (χ3v) is 11.3. The van der Waals surface area contributed by atoms with E-state index in [1.165, 1.54) is 0 Å². The summed E-state index contributed by atoms with van der Waals surface area (Å²) in [5.74, 6) is -1.00. The first kappa shape index (κ1) is 32.3. The van der Waals surface area contributed by atoms with Crippen LogP contribution in [0.25, 0.3) is 0 Å². The van der Waals surface area contributed by atoms with Gasteiger partial charge in [-0.2, -0.15) is 0 Å². The van der Waals surface area contributed by atoms with Gasteiger partial charge in [-0.3, -0.25) is 14.4 Å². The minimum atomic E-state index is -0.595. The predicted molar refractivity (Wildman–Crippen MR) is 170 cm³/mol. The maximum Gasteiger partial charge on any atom is 0.247 e. The van der Waals surface area contributed by atoms with Crippen molar-refractivity contribution in [2.45, 2.75) is 93.8 Å². The average molecular weight is 596 g/mol. The maximum absolute atomic E-state index is 14.6. The summed E-state index contributed by atoms with van der Waals surface area (Å²) in [6.45, 7) is 14.0. The number of aliphatic hydroxyl groups is 1. The fourth-order valence-electron chi connectivity index (χ4n) is 7.46. The standard InChI is InChI=1S/C34H49N3O4S/c1-5-15-25(4)36(21-7-3)33(41)30-34-19-18-27(42-34)28(29(34)32(40)37(30)22-13-8-9-14-23-38)31(39)35(20-6-2)24-26-16-11-10-12-17-26/h6-7,10-12,16-17,25,27-30,38H,2-3,5,8-9,13-15,18-24H2,1,4H3/t25?,27-,28+,29-,30?,34?/m0/s1. The zero-order chi connectivity index (χ0) is 30.3. The Labute approximate surface area is 256 Å². The van der Waals surface area contributed by atoms with Crippen molar-refractivity contribution in [3.8, 4) is 0 Å². The molecule has 8 heteroatoms. The van der Waals surface area contributed by atoms with Gasteiger partial charge in [-0.05, 0) is 44.6 Å². The number of carbonyl (C=O) groups is 3. The van der Waals surface area contributed by atoms with Crippen LogP contribution in [0.5, 0.6) is 0 Å². The first-order chi connectivity index (χ1) is 20.3. The molecule has 0 aromatic heterocycles. The smallest absolute Gasteiger partial charge is 0.247 e. The van der Waals surface area contributed by atoms with E-state index in [0.29, 0.717) is 26.2 Å². The molecule has 2 bridgehead atoms. The number of hydrogen-bond donors (Lipinski definition) is 1. The topological polar surface area (TPSA) is 81.2 Å². The first-order valence-electron chi connectivity index (χ1n) is 15.8. The second-order valence-electron chi connectivity index (χ2n) is 12.1. The number of carbonyl (C=O) groups excluding carboxylic acids is 3. The quantitative estimate of drug-likeness (QED) is 0.201. The number of likely N-dealkylation sites (tertiary alicyclic amines) is 1. The van der Waals surface area contributed by atoms with Crippen molar-refractivity contribution < 1.29 is 19.5 Å². The lowest BCUT2D eigenvalue weighted by Gasteiger charge is -2.39. The van der Waals surface area contributed by atoms with E-state index in [2.05, 4.69) is 27.0 Å². The summed E-state index contributed by atoms with van der Waals surface area (Å²) in [7, 11) is 0. The molecule has 3 aliphatic heterocycles. The van der Waals surface area contributed by atoms with Gasteiger partial charge in [0, 0.05) is 44.1 Å². The molecule has 1 aromatic rings. The highest BCUT2D eigenvalue weighted by Crippen LogP contribution is 2.66. The van der Waals surface area contributed by atoms with E-state index in [9.17, 15) is 19.5 Å². The third kappa shape index (κ3) is 6.35. The second kappa shape index (κ2) is 14.7. The number of aliphatic hydroxyl groups excluding tert-OH is 1. The number of amides is 3. The van der Waals surface area contributed by atoms with E-state index < -0.39 is 22.6 Å². The monoisotopic (exact) mass is 595 g/mol. The van der Waals surface area contributed by atoms with Gasteiger partial charge in [-0.25, -0.2) is 0 Å². The van der Waals surface area contributed by atoms with Crippen LogP contribution >= 0.6 is 11.8 Å². The molecular weight excluding hydrogens is 546 g/mol. The molecule has 3 amide bonds. The lowest BCUT2D eigenvalue weighted by molar-refractivity contribution is -0.145. The number of fused-ring (bicyclic) bond motifs is 1. The molecule has 0 radical (unpaired) electrons. The first-order valence-corrected chi connectivity index (χ1v) is 16.7. The molecule has 1 aromatic carbocycles. The van der Waals surface area contributed by atoms with Crippen molar-refractivity contribution in [2.24, 2.45) is 11.8 Å². The zero-order valence-electron chi connectivity index (χ0n) is 25.5. The Morgan fingerprint density at radius 1 is 1.12 bits per heavy atom. The lowest BCUT2D eigenvalue weighted by Crippen LogP contribution is -2.56. The van der Waals surface area contributed by atoms with Crippen LogP contribution in [-0.2, 0) is 20.9 Å². The van der Waals surface area contributed by atoms with Crippen molar-refractivity contribution in [3.63, 3.8) is 0 Å². The Morgan fingerprint density at radius 2 is 1.83 bits per heavy atom. The van der Waals surface area contributed by atoms with Gasteiger partial charge in [0.1, 0.15) is 6.04 Å². The highest BCUT2D eigenvalue weighted by atomic mass is 32.2. The molecule has 3 heterocycles. The van der Waals surface area contributed by atoms with Gasteiger partial charge >= 0.3 is 0 Å². The van der Waals surface area contributed by atoms with Crippen molar-refractivity contribution in [1.29, 1.82) is 0 Å². The summed E-state index contributed by atoms with van der Waals surface area (Å²) in [5.41, 5.74) is 1.04. The van der Waals surface area contributed by atoms with E-state index in [-0.39, 0.29) is 35.6 Å². The SMILES string of the molecule is C=CCN(Cc1ccccc1)C(=O)[C@@H]1[C@@H]2CCC3(S2)C(C(=O)N(CC=C)C(C)CCC)N(CCCCCCO)C(=O)[C@H]13. The maximum atomic E-state index is 14.6. The second-order valence-corrected chi connectivity index (χ2v) is 13.7. The Morgan fingerprint density at radius 3 is 2.50 bits per heavy atom. The summed E-state index contributed by atoms with van der Waals surface area (Å²) in [4.78, 5) is 48.9. The number of hydrogen-bond acceptors (Lipinski definition) is 5. The van der Waals surface area contributed by atoms with E-state index in [1.54, 1.807) is 23.9 Å². The molecule has 6 atom stereocenters. The molecule has 3 saturated heterocycles. The minimum Gasteiger partial charge on any atom is -0.396 e. The molecule has 42 heavy (non-hydrogen) atoms. The highest BCUT2D eigenvalue weighted by molar-refractivity contribution is 8.02. The number of benzene rings is 1. The highest BCUT2D eigenvalue weighted by Gasteiger charge is 2.74. The van der Waals surface area contributed by atoms with Crippen LogP contribution in [-0.4, -0.2) is 85.8 Å². The summed E-state index contributed by atoms with van der Waals surface area (Å²) < 4.78 is -0.595. The number of thioether (sulfide) groups is 1. The van der Waals surface area contributed by atoms with E-state index in [4.69, 9.17) is 0 Å². The molecular formula is C34H49N3O4S. The molecule has 4 rings (SSSR count). The van der Waals surface area contributed by atoms with E-state index >= 15 is 0 Å². The molecule has 1 spiro atoms. The third-order valence-electron chi connectivity index (χ3n) is 9.35. The van der Waals surface area contributed by atoms with Gasteiger partial charge in [0.05, 0.1) is 16.6 Å². The average Bonchev–Trinajstić information content (AvgIpc) is 3.63. The van der Waals surface area contributed by atoms with Crippen LogP contribution in [0.2, 0.25) is 0 Å². The normalized spacial score (nSPS) is 26.6. The van der Waals surface area contributed by atoms with Crippen LogP contribution in [0.1, 0.15) is 70.8 Å². The fraction of sp³-hybridized carbons (Fsp3) is 0.618. The summed E-state index contributed by atoms with van der Waals surface area (Å²) in [6, 6.07) is 9.38. The molecule has 0 saturated carbocycles. The summed E-state index contributed by atoms with van der Waals surface area (Å²) >= 11 is 1.74. The van der Waals surface area contributed by atoms with Crippen molar-refractivity contribution in [3.05, 3.63) is 61.2 Å². The van der Waals surface area contributed by atoms with Crippen LogP contribution in [0, 0.1) is 11.8 Å². The Hall–Kier alpha value is -2.58. The minimum absolute atomic E-state index is 0.00413. The fourth-order valence-corrected chi connectivity index (χ4v) is 9.67. The van der Waals surface area contributed by atoms with E-state index in [0.717, 1.165) is 56.9 Å². The summed E-state index contributed by atoms with van der Waals surface area (Å²) in [5, 5.41) is 9.24. The zero-order valence-corrected chi connectivity index (χ0v) is 26.3. The largest absolute Gasteiger partial charge is 0.396 e. The van der Waals surface area contributed by atoms with Gasteiger partial charge in [0.15, 0.2) is 0 Å². The molecule has 3 unspecified atom stereocenters. The number of rotatable bonds is 17. The predicted octanol–water partition coefficient (Wildman–Crippen LogP) is 5.05. The van der Waals surface area contributed by atoms with Gasteiger partial charge in [0.2, 0.25) is 17.7 Å². The van der Waals surface area contributed by atoms with Gasteiger partial charge in [-0.1, -0.05) is 68.7 Å². The Balaban J connectivity index is 1.67. The molecule has 3 fully saturated rings.